The van der Waals surface area contributed by atoms with Crippen molar-refractivity contribution in [2.45, 2.75) is 10.7 Å². The zero-order valence-corrected chi connectivity index (χ0v) is 13.9. The molecule has 0 bridgehead atoms. The first-order valence-corrected chi connectivity index (χ1v) is 8.32. The van der Waals surface area contributed by atoms with Crippen LogP contribution in [0.3, 0.4) is 0 Å². The third kappa shape index (κ3) is 3.28. The lowest BCUT2D eigenvalue weighted by Gasteiger charge is -2.10. The van der Waals surface area contributed by atoms with Crippen molar-refractivity contribution >= 4 is 49.2 Å². The summed E-state index contributed by atoms with van der Waals surface area (Å²) in [6.07, 6.45) is 0. The van der Waals surface area contributed by atoms with Gasteiger partial charge in [-0.1, -0.05) is 67.7 Å². The molecule has 0 aliphatic rings. The molecule has 0 spiro atoms. The topological polar surface area (TPSA) is 17.1 Å². The van der Waals surface area contributed by atoms with Crippen LogP contribution in [0.2, 0.25) is 5.02 Å². The van der Waals surface area contributed by atoms with E-state index < -0.39 is 0 Å². The van der Waals surface area contributed by atoms with Crippen LogP contribution in [0.25, 0.3) is 0 Å². The third-order valence-corrected chi connectivity index (χ3v) is 4.31. The molecule has 2 aromatic carbocycles. The van der Waals surface area contributed by atoms with Crippen LogP contribution in [0.1, 0.15) is 27.0 Å². The van der Waals surface area contributed by atoms with Gasteiger partial charge >= 0.3 is 0 Å². The van der Waals surface area contributed by atoms with Gasteiger partial charge in [0.1, 0.15) is 0 Å². The molecule has 0 saturated carbocycles. The fourth-order valence-electron chi connectivity index (χ4n) is 1.90. The molecule has 1 nitrogen and oxygen atoms in total. The molecule has 0 aliphatic heterocycles. The van der Waals surface area contributed by atoms with Gasteiger partial charge in [-0.05, 0) is 29.3 Å². The molecule has 0 heterocycles. The largest absolute Gasteiger partial charge is 0.289 e. The van der Waals surface area contributed by atoms with Crippen molar-refractivity contribution in [2.24, 2.45) is 0 Å². The maximum atomic E-state index is 12.6. The molecular weight excluding hydrogens is 391 g/mol. The zero-order chi connectivity index (χ0) is 13.8. The Hall–Kier alpha value is -0.640. The lowest BCUT2D eigenvalue weighted by atomic mass is 9.96. The molecule has 2 rings (SSSR count). The van der Waals surface area contributed by atoms with E-state index in [1.807, 2.05) is 30.3 Å². The van der Waals surface area contributed by atoms with Crippen LogP contribution in [0, 0.1) is 0 Å². The molecule has 4 heteroatoms. The van der Waals surface area contributed by atoms with Crippen molar-refractivity contribution in [2.75, 3.05) is 0 Å². The summed E-state index contributed by atoms with van der Waals surface area (Å²) in [7, 11) is 0. The lowest BCUT2D eigenvalue weighted by Crippen LogP contribution is -2.07. The van der Waals surface area contributed by atoms with E-state index in [4.69, 9.17) is 11.6 Å². The Bertz CT molecular complexity index is 611. The normalized spacial score (nSPS) is 10.5. The highest BCUT2D eigenvalue weighted by atomic mass is 79.9. The number of hydrogen-bond donors (Lipinski definition) is 0. The number of benzene rings is 2. The highest BCUT2D eigenvalue weighted by Crippen LogP contribution is 2.23. The Kier molecular flexibility index (Phi) is 5.20. The number of ketones is 1. The van der Waals surface area contributed by atoms with Crippen LogP contribution in [-0.2, 0) is 10.7 Å². The highest BCUT2D eigenvalue weighted by Gasteiger charge is 2.16. The van der Waals surface area contributed by atoms with E-state index in [0.29, 0.717) is 21.2 Å². The SMILES string of the molecule is O=C(c1ccccc1CBr)c1ccc(Cl)cc1CBr. The molecule has 0 amide bonds. The minimum atomic E-state index is 0.0289. The molecule has 0 saturated heterocycles. The standard InChI is InChI=1S/C15H11Br2ClO/c16-8-10-3-1-2-4-13(10)15(19)14-6-5-12(18)7-11(14)9-17/h1-7H,8-9H2. The molecule has 0 aromatic heterocycles. The summed E-state index contributed by atoms with van der Waals surface area (Å²) in [5, 5.41) is 1.90. The number of hydrogen-bond acceptors (Lipinski definition) is 1. The van der Waals surface area contributed by atoms with Crippen molar-refractivity contribution in [3.05, 3.63) is 69.7 Å². The van der Waals surface area contributed by atoms with Gasteiger partial charge in [-0.15, -0.1) is 0 Å². The molecule has 0 unspecified atom stereocenters. The van der Waals surface area contributed by atoms with Crippen molar-refractivity contribution in [3.8, 4) is 0 Å². The fraction of sp³-hybridized carbons (Fsp3) is 0.133. The first-order valence-electron chi connectivity index (χ1n) is 5.70. The lowest BCUT2D eigenvalue weighted by molar-refractivity contribution is 0.103. The van der Waals surface area contributed by atoms with E-state index >= 15 is 0 Å². The molecule has 98 valence electrons. The number of halogens is 3. The van der Waals surface area contributed by atoms with Gasteiger partial charge in [0.2, 0.25) is 0 Å². The van der Waals surface area contributed by atoms with E-state index in [1.165, 1.54) is 0 Å². The number of alkyl halides is 2. The maximum absolute atomic E-state index is 12.6. The Morgan fingerprint density at radius 3 is 2.26 bits per heavy atom. The van der Waals surface area contributed by atoms with E-state index in [1.54, 1.807) is 12.1 Å². The quantitative estimate of drug-likeness (QED) is 0.497. The minimum absolute atomic E-state index is 0.0289. The van der Waals surface area contributed by atoms with Crippen molar-refractivity contribution in [3.63, 3.8) is 0 Å². The average molecular weight is 403 g/mol. The van der Waals surface area contributed by atoms with E-state index in [9.17, 15) is 4.79 Å². The Morgan fingerprint density at radius 2 is 1.58 bits per heavy atom. The zero-order valence-electron chi connectivity index (χ0n) is 10.00. The first-order chi connectivity index (χ1) is 9.17. The monoisotopic (exact) mass is 400 g/mol. The van der Waals surface area contributed by atoms with Crippen LogP contribution < -0.4 is 0 Å². The van der Waals surface area contributed by atoms with Crippen LogP contribution >= 0.6 is 43.5 Å². The second-order valence-electron chi connectivity index (χ2n) is 4.06. The molecule has 0 aliphatic carbocycles. The van der Waals surface area contributed by atoms with Crippen LogP contribution in [0.5, 0.6) is 0 Å². The summed E-state index contributed by atoms with van der Waals surface area (Å²) in [5.41, 5.74) is 3.31. The van der Waals surface area contributed by atoms with Crippen LogP contribution in [0.15, 0.2) is 42.5 Å². The summed E-state index contributed by atoms with van der Waals surface area (Å²) in [5.74, 6) is 0.0289. The third-order valence-electron chi connectivity index (χ3n) is 2.86. The van der Waals surface area contributed by atoms with Crippen molar-refractivity contribution in [1.29, 1.82) is 0 Å². The van der Waals surface area contributed by atoms with Gasteiger partial charge in [0.15, 0.2) is 5.78 Å². The van der Waals surface area contributed by atoms with Gasteiger partial charge in [-0.25, -0.2) is 0 Å². The number of carbonyl (C=O) groups is 1. The van der Waals surface area contributed by atoms with Crippen molar-refractivity contribution < 1.29 is 4.79 Å². The second-order valence-corrected chi connectivity index (χ2v) is 5.61. The molecule has 0 radical (unpaired) electrons. The second kappa shape index (κ2) is 6.69. The Morgan fingerprint density at radius 1 is 0.947 bits per heavy atom. The summed E-state index contributed by atoms with van der Waals surface area (Å²) in [4.78, 5) is 12.6. The molecule has 0 fully saturated rings. The van der Waals surface area contributed by atoms with Gasteiger partial charge in [0.05, 0.1) is 0 Å². The molecule has 0 atom stereocenters. The van der Waals surface area contributed by atoms with Gasteiger partial charge < -0.3 is 0 Å². The number of carbonyl (C=O) groups excluding carboxylic acids is 1. The van der Waals surface area contributed by atoms with E-state index in [-0.39, 0.29) is 5.78 Å². The minimum Gasteiger partial charge on any atom is -0.289 e. The Labute approximate surface area is 134 Å². The fourth-order valence-corrected chi connectivity index (χ4v) is 3.05. The van der Waals surface area contributed by atoms with E-state index in [2.05, 4.69) is 31.9 Å². The maximum Gasteiger partial charge on any atom is 0.193 e. The van der Waals surface area contributed by atoms with E-state index in [0.717, 1.165) is 16.7 Å². The number of rotatable bonds is 4. The van der Waals surface area contributed by atoms with Crippen LogP contribution in [-0.4, -0.2) is 5.78 Å². The van der Waals surface area contributed by atoms with Crippen LogP contribution in [0.4, 0.5) is 0 Å². The highest BCUT2D eigenvalue weighted by molar-refractivity contribution is 9.08. The Balaban J connectivity index is 2.50. The molecular formula is C15H11Br2ClO. The van der Waals surface area contributed by atoms with Gasteiger partial charge in [-0.2, -0.15) is 0 Å². The summed E-state index contributed by atoms with van der Waals surface area (Å²) >= 11 is 12.8. The summed E-state index contributed by atoms with van der Waals surface area (Å²) in [6, 6.07) is 13.0. The predicted octanol–water partition coefficient (Wildman–Crippen LogP) is 5.36. The summed E-state index contributed by atoms with van der Waals surface area (Å²) in [6.45, 7) is 0. The predicted molar refractivity (Wildman–Crippen MR) is 86.6 cm³/mol. The summed E-state index contributed by atoms with van der Waals surface area (Å²) < 4.78 is 0. The average Bonchev–Trinajstić information content (AvgIpc) is 2.46. The van der Waals surface area contributed by atoms with Crippen molar-refractivity contribution in [1.82, 2.24) is 0 Å². The smallest absolute Gasteiger partial charge is 0.193 e. The molecule has 0 N–H and O–H groups in total. The van der Waals surface area contributed by atoms with Gasteiger partial charge in [-0.3, -0.25) is 4.79 Å². The molecule has 19 heavy (non-hydrogen) atoms. The van der Waals surface area contributed by atoms with Gasteiger partial charge in [0, 0.05) is 26.8 Å². The molecule has 2 aromatic rings. The first kappa shape index (κ1) is 14.8. The van der Waals surface area contributed by atoms with Gasteiger partial charge in [0.25, 0.3) is 0 Å².